The molecule has 0 radical (unpaired) electrons. The molecule has 0 aliphatic rings. The number of amides is 2. The third-order valence-electron chi connectivity index (χ3n) is 2.27. The normalized spacial score (nSPS) is 10.4. The fraction of sp³-hybridized carbons (Fsp3) is 0.364. The number of rotatable bonds is 5. The zero-order valence-corrected chi connectivity index (χ0v) is 11.5. The second-order valence-electron chi connectivity index (χ2n) is 3.61. The minimum atomic E-state index is -0.923. The molecular formula is C11H13BrF2N2O3. The molecule has 0 aliphatic carbocycles. The highest BCUT2D eigenvalue weighted by Crippen LogP contribution is 2.23. The van der Waals surface area contributed by atoms with E-state index < -0.39 is 23.4 Å². The molecule has 106 valence electrons. The van der Waals surface area contributed by atoms with E-state index in [1.54, 1.807) is 0 Å². The van der Waals surface area contributed by atoms with Gasteiger partial charge in [-0.1, -0.05) is 15.9 Å². The molecule has 0 fully saturated rings. The number of anilines is 1. The summed E-state index contributed by atoms with van der Waals surface area (Å²) in [6.45, 7) is -0.740. The second-order valence-corrected chi connectivity index (χ2v) is 4.52. The molecule has 1 rings (SSSR count). The van der Waals surface area contributed by atoms with E-state index in [0.29, 0.717) is 0 Å². The largest absolute Gasteiger partial charge is 0.395 e. The van der Waals surface area contributed by atoms with Crippen molar-refractivity contribution in [1.29, 1.82) is 0 Å². The van der Waals surface area contributed by atoms with E-state index in [9.17, 15) is 13.6 Å². The first-order valence-electron chi connectivity index (χ1n) is 5.41. The van der Waals surface area contributed by atoms with Gasteiger partial charge in [-0.2, -0.15) is 0 Å². The number of hydrogen-bond donors (Lipinski definition) is 3. The smallest absolute Gasteiger partial charge is 0.322 e. The van der Waals surface area contributed by atoms with E-state index in [4.69, 9.17) is 10.2 Å². The number of urea groups is 1. The van der Waals surface area contributed by atoms with E-state index in [1.807, 2.05) is 0 Å². The molecule has 0 heterocycles. The number of nitrogens with zero attached hydrogens (tertiary/aromatic N) is 1. The third kappa shape index (κ3) is 4.41. The van der Waals surface area contributed by atoms with Gasteiger partial charge in [0.2, 0.25) is 0 Å². The van der Waals surface area contributed by atoms with E-state index in [1.165, 1.54) is 0 Å². The van der Waals surface area contributed by atoms with Crippen molar-refractivity contribution in [1.82, 2.24) is 4.90 Å². The minimum Gasteiger partial charge on any atom is -0.395 e. The second kappa shape index (κ2) is 7.37. The highest BCUT2D eigenvalue weighted by molar-refractivity contribution is 9.10. The van der Waals surface area contributed by atoms with Gasteiger partial charge < -0.3 is 20.4 Å². The number of benzene rings is 1. The number of aliphatic hydroxyl groups excluding tert-OH is 2. The minimum absolute atomic E-state index is 0.0494. The number of aliphatic hydroxyl groups is 2. The molecule has 0 atom stereocenters. The lowest BCUT2D eigenvalue weighted by molar-refractivity contribution is 0.167. The van der Waals surface area contributed by atoms with Crippen molar-refractivity contribution < 1.29 is 23.8 Å². The molecule has 0 saturated carbocycles. The summed E-state index contributed by atoms with van der Waals surface area (Å²) in [6.07, 6.45) is 0. The van der Waals surface area contributed by atoms with Crippen molar-refractivity contribution in [3.05, 3.63) is 28.2 Å². The Morgan fingerprint density at radius 2 is 1.68 bits per heavy atom. The molecule has 0 saturated heterocycles. The first kappa shape index (κ1) is 15.8. The van der Waals surface area contributed by atoms with Gasteiger partial charge in [0.25, 0.3) is 0 Å². The van der Waals surface area contributed by atoms with Crippen LogP contribution in [0.15, 0.2) is 16.6 Å². The summed E-state index contributed by atoms with van der Waals surface area (Å²) in [7, 11) is 0. The molecule has 3 N–H and O–H groups in total. The van der Waals surface area contributed by atoms with E-state index in [-0.39, 0.29) is 30.8 Å². The lowest BCUT2D eigenvalue weighted by atomic mass is 10.3. The predicted molar refractivity (Wildman–Crippen MR) is 68.8 cm³/mol. The molecule has 0 spiro atoms. The van der Waals surface area contributed by atoms with Crippen molar-refractivity contribution in [2.45, 2.75) is 0 Å². The number of halogens is 3. The summed E-state index contributed by atoms with van der Waals surface area (Å²) >= 11 is 2.92. The fourth-order valence-electron chi connectivity index (χ4n) is 1.40. The molecular weight excluding hydrogens is 326 g/mol. The van der Waals surface area contributed by atoms with Crippen molar-refractivity contribution in [3.8, 4) is 0 Å². The van der Waals surface area contributed by atoms with Crippen LogP contribution in [0.3, 0.4) is 0 Å². The first-order chi connectivity index (χ1) is 8.99. The van der Waals surface area contributed by atoms with Crippen LogP contribution in [0.2, 0.25) is 0 Å². The van der Waals surface area contributed by atoms with Gasteiger partial charge in [-0.25, -0.2) is 13.6 Å². The number of carbonyl (C=O) groups is 1. The van der Waals surface area contributed by atoms with Crippen LogP contribution >= 0.6 is 15.9 Å². The Balaban J connectivity index is 2.86. The summed E-state index contributed by atoms with van der Waals surface area (Å²) in [6, 6.07) is 1.23. The van der Waals surface area contributed by atoms with Crippen LogP contribution < -0.4 is 5.32 Å². The maximum absolute atomic E-state index is 13.5. The zero-order chi connectivity index (χ0) is 14.4. The molecule has 0 aliphatic heterocycles. The first-order valence-corrected chi connectivity index (χ1v) is 6.21. The van der Waals surface area contributed by atoms with Crippen molar-refractivity contribution >= 4 is 27.6 Å². The monoisotopic (exact) mass is 338 g/mol. The van der Waals surface area contributed by atoms with Crippen LogP contribution in [0, 0.1) is 11.6 Å². The molecule has 1 aromatic carbocycles. The SMILES string of the molecule is O=C(Nc1c(F)cc(Br)cc1F)N(CCO)CCO. The molecule has 8 heteroatoms. The quantitative estimate of drug-likeness (QED) is 0.762. The van der Waals surface area contributed by atoms with Gasteiger partial charge in [0.15, 0.2) is 11.6 Å². The summed E-state index contributed by atoms with van der Waals surface area (Å²) < 4.78 is 27.2. The molecule has 0 bridgehead atoms. The average Bonchev–Trinajstić information content (AvgIpc) is 2.33. The molecule has 0 aromatic heterocycles. The van der Waals surface area contributed by atoms with Gasteiger partial charge in [-0.3, -0.25) is 0 Å². The Bertz CT molecular complexity index is 431. The molecule has 5 nitrogen and oxygen atoms in total. The van der Waals surface area contributed by atoms with Crippen molar-refractivity contribution in [2.75, 3.05) is 31.6 Å². The number of hydrogen-bond acceptors (Lipinski definition) is 3. The van der Waals surface area contributed by atoms with Gasteiger partial charge in [0, 0.05) is 17.6 Å². The van der Waals surface area contributed by atoms with Gasteiger partial charge in [-0.15, -0.1) is 0 Å². The van der Waals surface area contributed by atoms with E-state index >= 15 is 0 Å². The van der Waals surface area contributed by atoms with Crippen LogP contribution in [0.1, 0.15) is 0 Å². The van der Waals surface area contributed by atoms with Gasteiger partial charge in [0.1, 0.15) is 5.69 Å². The van der Waals surface area contributed by atoms with Crippen LogP contribution in [-0.4, -0.2) is 47.4 Å². The van der Waals surface area contributed by atoms with Crippen molar-refractivity contribution in [3.63, 3.8) is 0 Å². The van der Waals surface area contributed by atoms with E-state index in [2.05, 4.69) is 21.2 Å². The molecule has 19 heavy (non-hydrogen) atoms. The Kier molecular flexibility index (Phi) is 6.13. The lowest BCUT2D eigenvalue weighted by Crippen LogP contribution is -2.39. The van der Waals surface area contributed by atoms with E-state index in [0.717, 1.165) is 17.0 Å². The van der Waals surface area contributed by atoms with Crippen LogP contribution in [0.25, 0.3) is 0 Å². The number of carbonyl (C=O) groups excluding carboxylic acids is 1. The topological polar surface area (TPSA) is 72.8 Å². The third-order valence-corrected chi connectivity index (χ3v) is 2.72. The highest BCUT2D eigenvalue weighted by Gasteiger charge is 2.17. The number of nitrogens with one attached hydrogen (secondary N) is 1. The Labute approximate surface area is 117 Å². The summed E-state index contributed by atoms with van der Waals surface area (Å²) in [5.74, 6) is -1.85. The van der Waals surface area contributed by atoms with Crippen LogP contribution in [-0.2, 0) is 0 Å². The highest BCUT2D eigenvalue weighted by atomic mass is 79.9. The fourth-order valence-corrected chi connectivity index (χ4v) is 1.81. The molecule has 0 unspecified atom stereocenters. The Morgan fingerprint density at radius 1 is 1.21 bits per heavy atom. The van der Waals surface area contributed by atoms with Gasteiger partial charge in [0.05, 0.1) is 13.2 Å². The predicted octanol–water partition coefficient (Wildman–Crippen LogP) is 1.55. The Hall–Kier alpha value is -1.25. The van der Waals surface area contributed by atoms with Crippen LogP contribution in [0.5, 0.6) is 0 Å². The standard InChI is InChI=1S/C11H13BrF2N2O3/c12-7-5-8(13)10(9(14)6-7)15-11(19)16(1-3-17)2-4-18/h5-6,17-18H,1-4H2,(H,15,19). The molecule has 1 aromatic rings. The maximum Gasteiger partial charge on any atom is 0.322 e. The summed E-state index contributed by atoms with van der Waals surface area (Å²) in [4.78, 5) is 12.8. The summed E-state index contributed by atoms with van der Waals surface area (Å²) in [5.41, 5.74) is -0.575. The van der Waals surface area contributed by atoms with Gasteiger partial charge >= 0.3 is 6.03 Å². The average molecular weight is 339 g/mol. The lowest BCUT2D eigenvalue weighted by Gasteiger charge is -2.21. The van der Waals surface area contributed by atoms with Crippen molar-refractivity contribution in [2.24, 2.45) is 0 Å². The Morgan fingerprint density at radius 3 is 2.11 bits per heavy atom. The van der Waals surface area contributed by atoms with Crippen LogP contribution in [0.4, 0.5) is 19.3 Å². The zero-order valence-electron chi connectivity index (χ0n) is 9.87. The summed E-state index contributed by atoms with van der Waals surface area (Å²) in [5, 5.41) is 19.6. The molecule has 2 amide bonds. The maximum atomic E-state index is 13.5. The van der Waals surface area contributed by atoms with Gasteiger partial charge in [-0.05, 0) is 12.1 Å².